The molecule has 0 unspecified atom stereocenters. The van der Waals surface area contributed by atoms with Crippen LogP contribution in [0.1, 0.15) is 18.2 Å². The second kappa shape index (κ2) is 7.07. The Kier molecular flexibility index (Phi) is 4.83. The molecule has 1 amide bonds. The number of aromatic nitrogens is 2. The fourth-order valence-electron chi connectivity index (χ4n) is 2.48. The van der Waals surface area contributed by atoms with Crippen molar-refractivity contribution in [1.29, 1.82) is 0 Å². The summed E-state index contributed by atoms with van der Waals surface area (Å²) in [6, 6.07) is 8.23. The van der Waals surface area contributed by atoms with Gasteiger partial charge in [-0.05, 0) is 36.4 Å². The van der Waals surface area contributed by atoms with Crippen LogP contribution in [0.4, 0.5) is 18.9 Å². The van der Waals surface area contributed by atoms with Crippen molar-refractivity contribution in [2.75, 3.05) is 11.9 Å². The third kappa shape index (κ3) is 4.14. The first kappa shape index (κ1) is 17.8. The summed E-state index contributed by atoms with van der Waals surface area (Å²) in [6.07, 6.45) is -2.22. The SMILES string of the molecule is CC(=O)Nc1c[nH]c2ccc(CCOc3ccc(C(F)(F)F)cc3)nc12. The Morgan fingerprint density at radius 2 is 1.92 bits per heavy atom. The first-order chi connectivity index (χ1) is 12.3. The molecule has 0 saturated carbocycles. The molecule has 136 valence electrons. The lowest BCUT2D eigenvalue weighted by molar-refractivity contribution is -0.137. The highest BCUT2D eigenvalue weighted by Gasteiger charge is 2.29. The van der Waals surface area contributed by atoms with E-state index in [1.54, 1.807) is 6.20 Å². The van der Waals surface area contributed by atoms with Crippen LogP contribution in [0.5, 0.6) is 5.75 Å². The van der Waals surface area contributed by atoms with Crippen LogP contribution in [-0.2, 0) is 17.4 Å². The summed E-state index contributed by atoms with van der Waals surface area (Å²) >= 11 is 0. The second-order valence-electron chi connectivity index (χ2n) is 5.70. The number of anilines is 1. The van der Waals surface area contributed by atoms with Gasteiger partial charge in [-0.1, -0.05) is 0 Å². The summed E-state index contributed by atoms with van der Waals surface area (Å²) in [5.74, 6) is 0.170. The molecular weight excluding hydrogens is 347 g/mol. The normalized spacial score (nSPS) is 11.5. The molecule has 0 aliphatic heterocycles. The summed E-state index contributed by atoms with van der Waals surface area (Å²) in [4.78, 5) is 18.7. The molecule has 2 aromatic heterocycles. The Labute approximate surface area is 147 Å². The predicted octanol–water partition coefficient (Wildman–Crippen LogP) is 4.16. The van der Waals surface area contributed by atoms with Crippen LogP contribution in [0.25, 0.3) is 11.0 Å². The van der Waals surface area contributed by atoms with E-state index < -0.39 is 11.7 Å². The van der Waals surface area contributed by atoms with Crippen LogP contribution in [0.3, 0.4) is 0 Å². The molecule has 5 nitrogen and oxygen atoms in total. The van der Waals surface area contributed by atoms with E-state index in [0.717, 1.165) is 23.3 Å². The largest absolute Gasteiger partial charge is 0.493 e. The maximum absolute atomic E-state index is 12.5. The number of amides is 1. The van der Waals surface area contributed by atoms with Gasteiger partial charge in [-0.3, -0.25) is 4.79 Å². The van der Waals surface area contributed by atoms with Gasteiger partial charge in [-0.15, -0.1) is 0 Å². The number of benzene rings is 1. The number of H-pyrrole nitrogens is 1. The van der Waals surface area contributed by atoms with E-state index in [9.17, 15) is 18.0 Å². The first-order valence-corrected chi connectivity index (χ1v) is 7.87. The molecule has 0 atom stereocenters. The van der Waals surface area contributed by atoms with Gasteiger partial charge in [-0.2, -0.15) is 13.2 Å². The highest BCUT2D eigenvalue weighted by molar-refractivity contribution is 5.98. The number of hydrogen-bond acceptors (Lipinski definition) is 3. The smallest absolute Gasteiger partial charge is 0.416 e. The van der Waals surface area contributed by atoms with E-state index in [1.807, 2.05) is 12.1 Å². The van der Waals surface area contributed by atoms with Crippen molar-refractivity contribution >= 4 is 22.6 Å². The number of pyridine rings is 1. The van der Waals surface area contributed by atoms with Gasteiger partial charge in [0.1, 0.15) is 11.3 Å². The molecule has 2 heterocycles. The number of carbonyl (C=O) groups is 1. The summed E-state index contributed by atoms with van der Waals surface area (Å²) in [6.45, 7) is 1.68. The van der Waals surface area contributed by atoms with Gasteiger partial charge in [0, 0.05) is 25.2 Å². The van der Waals surface area contributed by atoms with Gasteiger partial charge >= 0.3 is 6.18 Å². The Hall–Kier alpha value is -3.03. The minimum absolute atomic E-state index is 0.191. The molecule has 0 aliphatic rings. The van der Waals surface area contributed by atoms with Crippen molar-refractivity contribution in [3.8, 4) is 5.75 Å². The number of alkyl halides is 3. The van der Waals surface area contributed by atoms with E-state index in [-0.39, 0.29) is 12.5 Å². The average molecular weight is 363 g/mol. The van der Waals surface area contributed by atoms with Crippen LogP contribution in [0.2, 0.25) is 0 Å². The summed E-state index contributed by atoms with van der Waals surface area (Å²) in [7, 11) is 0. The highest BCUT2D eigenvalue weighted by atomic mass is 19.4. The molecule has 0 saturated heterocycles. The fourth-order valence-corrected chi connectivity index (χ4v) is 2.48. The van der Waals surface area contributed by atoms with Crippen molar-refractivity contribution < 1.29 is 22.7 Å². The lowest BCUT2D eigenvalue weighted by Crippen LogP contribution is -2.07. The number of nitrogens with one attached hydrogen (secondary N) is 2. The molecule has 3 aromatic rings. The second-order valence-corrected chi connectivity index (χ2v) is 5.70. The van der Waals surface area contributed by atoms with Crippen molar-refractivity contribution in [1.82, 2.24) is 9.97 Å². The van der Waals surface area contributed by atoms with E-state index in [4.69, 9.17) is 4.74 Å². The van der Waals surface area contributed by atoms with Gasteiger partial charge in [0.05, 0.1) is 23.4 Å². The van der Waals surface area contributed by atoms with Crippen molar-refractivity contribution in [3.05, 3.63) is 53.9 Å². The molecular formula is C18H16F3N3O2. The van der Waals surface area contributed by atoms with E-state index in [1.165, 1.54) is 19.1 Å². The van der Waals surface area contributed by atoms with Gasteiger partial charge in [-0.25, -0.2) is 4.98 Å². The third-order valence-electron chi connectivity index (χ3n) is 3.70. The summed E-state index contributed by atoms with van der Waals surface area (Å²) in [5, 5.41) is 2.70. The molecule has 0 aliphatic carbocycles. The first-order valence-electron chi connectivity index (χ1n) is 7.87. The minimum Gasteiger partial charge on any atom is -0.493 e. The number of ether oxygens (including phenoxy) is 1. The average Bonchev–Trinajstić information content (AvgIpc) is 2.96. The zero-order valence-electron chi connectivity index (χ0n) is 13.9. The summed E-state index contributed by atoms with van der Waals surface area (Å²) < 4.78 is 43.1. The Balaban J connectivity index is 1.63. The van der Waals surface area contributed by atoms with Crippen LogP contribution < -0.4 is 10.1 Å². The maximum Gasteiger partial charge on any atom is 0.416 e. The third-order valence-corrected chi connectivity index (χ3v) is 3.70. The zero-order valence-corrected chi connectivity index (χ0v) is 13.9. The quantitative estimate of drug-likeness (QED) is 0.715. The van der Waals surface area contributed by atoms with Crippen molar-refractivity contribution in [2.24, 2.45) is 0 Å². The lowest BCUT2D eigenvalue weighted by Gasteiger charge is -2.09. The number of hydrogen-bond donors (Lipinski definition) is 2. The van der Waals surface area contributed by atoms with Crippen LogP contribution in [0, 0.1) is 0 Å². The van der Waals surface area contributed by atoms with E-state index >= 15 is 0 Å². The van der Waals surface area contributed by atoms with Gasteiger partial charge in [0.25, 0.3) is 0 Å². The van der Waals surface area contributed by atoms with Crippen molar-refractivity contribution in [3.63, 3.8) is 0 Å². The number of aromatic amines is 1. The van der Waals surface area contributed by atoms with Crippen LogP contribution >= 0.6 is 0 Å². The monoisotopic (exact) mass is 363 g/mol. The Bertz CT molecular complexity index is 918. The molecule has 0 radical (unpaired) electrons. The Morgan fingerprint density at radius 1 is 1.19 bits per heavy atom. The molecule has 0 bridgehead atoms. The fraction of sp³-hybridized carbons (Fsp3) is 0.222. The van der Waals surface area contributed by atoms with Gasteiger partial charge < -0.3 is 15.0 Å². The molecule has 0 fully saturated rings. The molecule has 1 aromatic carbocycles. The number of rotatable bonds is 5. The number of nitrogens with zero attached hydrogens (tertiary/aromatic N) is 1. The highest BCUT2D eigenvalue weighted by Crippen LogP contribution is 2.30. The molecule has 0 spiro atoms. The standard InChI is InChI=1S/C18H16F3N3O2/c1-11(25)23-16-10-22-15-7-4-13(24-17(15)16)8-9-26-14-5-2-12(3-6-14)18(19,20)21/h2-7,10,22H,8-9H2,1H3,(H,23,25). The number of halogens is 3. The van der Waals surface area contributed by atoms with Gasteiger partial charge in [0.2, 0.25) is 5.91 Å². The van der Waals surface area contributed by atoms with Gasteiger partial charge in [0.15, 0.2) is 0 Å². The molecule has 26 heavy (non-hydrogen) atoms. The zero-order chi connectivity index (χ0) is 18.7. The summed E-state index contributed by atoms with van der Waals surface area (Å²) in [5.41, 5.74) is 2.07. The van der Waals surface area contributed by atoms with Crippen LogP contribution in [-0.4, -0.2) is 22.5 Å². The topological polar surface area (TPSA) is 67.0 Å². The van der Waals surface area contributed by atoms with Crippen molar-refractivity contribution in [2.45, 2.75) is 19.5 Å². The Morgan fingerprint density at radius 3 is 2.58 bits per heavy atom. The molecule has 2 N–H and O–H groups in total. The van der Waals surface area contributed by atoms with E-state index in [0.29, 0.717) is 23.4 Å². The lowest BCUT2D eigenvalue weighted by atomic mass is 10.2. The number of fused-ring (bicyclic) bond motifs is 1. The maximum atomic E-state index is 12.5. The minimum atomic E-state index is -4.36. The van der Waals surface area contributed by atoms with E-state index in [2.05, 4.69) is 15.3 Å². The van der Waals surface area contributed by atoms with Crippen LogP contribution in [0.15, 0.2) is 42.6 Å². The number of carbonyl (C=O) groups excluding carboxylic acids is 1. The molecule has 8 heteroatoms. The molecule has 3 rings (SSSR count). The predicted molar refractivity (Wildman–Crippen MR) is 91.0 cm³/mol.